The van der Waals surface area contributed by atoms with Crippen molar-refractivity contribution >= 4 is 15.9 Å². The second-order valence-corrected chi connectivity index (χ2v) is 5.19. The highest BCUT2D eigenvalue weighted by molar-refractivity contribution is 9.10. The number of hydrogen-bond acceptors (Lipinski definition) is 2. The Labute approximate surface area is 116 Å². The summed E-state index contributed by atoms with van der Waals surface area (Å²) in [6.45, 7) is 2.08. The molecule has 0 aliphatic carbocycles. The van der Waals surface area contributed by atoms with Gasteiger partial charge >= 0.3 is 0 Å². The molecule has 0 aliphatic heterocycles. The Morgan fingerprint density at radius 2 is 2.17 bits per heavy atom. The van der Waals surface area contributed by atoms with Crippen LogP contribution in [0.3, 0.4) is 0 Å². The third kappa shape index (κ3) is 3.18. The van der Waals surface area contributed by atoms with Gasteiger partial charge in [0.2, 0.25) is 0 Å². The molecule has 1 heterocycles. The summed E-state index contributed by atoms with van der Waals surface area (Å²) >= 11 is 3.44. The summed E-state index contributed by atoms with van der Waals surface area (Å²) in [5.41, 5.74) is 3.21. The van der Waals surface area contributed by atoms with Crippen molar-refractivity contribution in [1.82, 2.24) is 4.98 Å². The molecule has 94 valence electrons. The van der Waals surface area contributed by atoms with Gasteiger partial charge < -0.3 is 5.11 Å². The number of aromatic nitrogens is 1. The standard InChI is InChI=1S/C15H16BrNO/c1-2-12-10-17-7-6-14(12)15(18)9-11-4-3-5-13(16)8-11/h3-8,10,15,18H,2,9H2,1H3. The van der Waals surface area contributed by atoms with E-state index in [1.807, 2.05) is 36.5 Å². The van der Waals surface area contributed by atoms with E-state index in [1.54, 1.807) is 6.20 Å². The van der Waals surface area contributed by atoms with E-state index in [1.165, 1.54) is 0 Å². The maximum Gasteiger partial charge on any atom is 0.0834 e. The van der Waals surface area contributed by atoms with E-state index in [2.05, 4.69) is 27.8 Å². The van der Waals surface area contributed by atoms with Gasteiger partial charge in [-0.3, -0.25) is 4.98 Å². The van der Waals surface area contributed by atoms with Gasteiger partial charge in [0.25, 0.3) is 0 Å². The van der Waals surface area contributed by atoms with Gasteiger partial charge in [0.1, 0.15) is 0 Å². The van der Waals surface area contributed by atoms with Crippen LogP contribution in [0.2, 0.25) is 0 Å². The lowest BCUT2D eigenvalue weighted by atomic mass is 9.97. The summed E-state index contributed by atoms with van der Waals surface area (Å²) in [5, 5.41) is 10.3. The molecular formula is C15H16BrNO. The Kier molecular flexibility index (Phi) is 4.50. The highest BCUT2D eigenvalue weighted by Crippen LogP contribution is 2.23. The predicted molar refractivity (Wildman–Crippen MR) is 76.4 cm³/mol. The first kappa shape index (κ1) is 13.2. The highest BCUT2D eigenvalue weighted by Gasteiger charge is 2.12. The zero-order chi connectivity index (χ0) is 13.0. The molecule has 0 amide bonds. The molecule has 0 bridgehead atoms. The minimum absolute atomic E-state index is 0.475. The molecule has 3 heteroatoms. The lowest BCUT2D eigenvalue weighted by molar-refractivity contribution is 0.177. The molecule has 2 nitrogen and oxygen atoms in total. The average molecular weight is 306 g/mol. The molecule has 1 atom stereocenters. The van der Waals surface area contributed by atoms with Crippen molar-refractivity contribution in [2.75, 3.05) is 0 Å². The molecule has 1 N–H and O–H groups in total. The van der Waals surface area contributed by atoms with E-state index in [4.69, 9.17) is 0 Å². The molecule has 0 saturated heterocycles. The molecule has 1 unspecified atom stereocenters. The van der Waals surface area contributed by atoms with E-state index >= 15 is 0 Å². The lowest BCUT2D eigenvalue weighted by Crippen LogP contribution is -2.05. The van der Waals surface area contributed by atoms with E-state index < -0.39 is 6.10 Å². The number of aryl methyl sites for hydroxylation is 1. The minimum atomic E-state index is -0.475. The van der Waals surface area contributed by atoms with Gasteiger partial charge in [-0.1, -0.05) is 35.0 Å². The fourth-order valence-electron chi connectivity index (χ4n) is 2.06. The Morgan fingerprint density at radius 1 is 1.33 bits per heavy atom. The van der Waals surface area contributed by atoms with Crippen LogP contribution in [0.5, 0.6) is 0 Å². The van der Waals surface area contributed by atoms with Crippen LogP contribution in [0, 0.1) is 0 Å². The maximum absolute atomic E-state index is 10.3. The van der Waals surface area contributed by atoms with Crippen LogP contribution in [0.1, 0.15) is 29.7 Å². The summed E-state index contributed by atoms with van der Waals surface area (Å²) in [5.74, 6) is 0. The van der Waals surface area contributed by atoms with Crippen molar-refractivity contribution in [3.63, 3.8) is 0 Å². The topological polar surface area (TPSA) is 33.1 Å². The molecule has 1 aromatic heterocycles. The minimum Gasteiger partial charge on any atom is -0.388 e. The Morgan fingerprint density at radius 3 is 2.89 bits per heavy atom. The molecule has 1 aromatic carbocycles. The first-order chi connectivity index (χ1) is 8.70. The Hall–Kier alpha value is -1.19. The molecule has 2 rings (SSSR count). The number of benzene rings is 1. The molecule has 0 saturated carbocycles. The average Bonchev–Trinajstić information content (AvgIpc) is 2.38. The highest BCUT2D eigenvalue weighted by atomic mass is 79.9. The number of aliphatic hydroxyl groups excluding tert-OH is 1. The molecule has 0 aliphatic rings. The van der Waals surface area contributed by atoms with Crippen molar-refractivity contribution in [2.45, 2.75) is 25.9 Å². The van der Waals surface area contributed by atoms with Gasteiger partial charge in [-0.25, -0.2) is 0 Å². The monoisotopic (exact) mass is 305 g/mol. The molecule has 2 aromatic rings. The second-order valence-electron chi connectivity index (χ2n) is 4.28. The third-order valence-electron chi connectivity index (χ3n) is 3.00. The van der Waals surface area contributed by atoms with E-state index in [-0.39, 0.29) is 0 Å². The maximum atomic E-state index is 10.3. The number of hydrogen-bond donors (Lipinski definition) is 1. The summed E-state index contributed by atoms with van der Waals surface area (Å²) in [6, 6.07) is 9.94. The van der Waals surface area contributed by atoms with Crippen molar-refractivity contribution in [1.29, 1.82) is 0 Å². The SMILES string of the molecule is CCc1cnccc1C(O)Cc1cccc(Br)c1. The van der Waals surface area contributed by atoms with Crippen LogP contribution in [0.4, 0.5) is 0 Å². The van der Waals surface area contributed by atoms with Crippen LogP contribution in [0.25, 0.3) is 0 Å². The van der Waals surface area contributed by atoms with Crippen molar-refractivity contribution < 1.29 is 5.11 Å². The zero-order valence-corrected chi connectivity index (χ0v) is 11.9. The van der Waals surface area contributed by atoms with Crippen molar-refractivity contribution in [2.24, 2.45) is 0 Å². The summed E-state index contributed by atoms with van der Waals surface area (Å²) < 4.78 is 1.04. The summed E-state index contributed by atoms with van der Waals surface area (Å²) in [4.78, 5) is 4.10. The summed E-state index contributed by atoms with van der Waals surface area (Å²) in [7, 11) is 0. The lowest BCUT2D eigenvalue weighted by Gasteiger charge is -2.14. The van der Waals surface area contributed by atoms with Gasteiger partial charge in [0, 0.05) is 23.3 Å². The van der Waals surface area contributed by atoms with E-state index in [0.717, 1.165) is 27.6 Å². The second kappa shape index (κ2) is 6.12. The summed E-state index contributed by atoms with van der Waals surface area (Å²) in [6.07, 6.45) is 4.60. The molecule has 0 spiro atoms. The van der Waals surface area contributed by atoms with Crippen LogP contribution < -0.4 is 0 Å². The van der Waals surface area contributed by atoms with Crippen LogP contribution in [-0.2, 0) is 12.8 Å². The van der Waals surface area contributed by atoms with Crippen molar-refractivity contribution in [3.8, 4) is 0 Å². The number of rotatable bonds is 4. The van der Waals surface area contributed by atoms with Crippen LogP contribution >= 0.6 is 15.9 Å². The largest absolute Gasteiger partial charge is 0.388 e. The van der Waals surface area contributed by atoms with Crippen LogP contribution in [-0.4, -0.2) is 10.1 Å². The molecular weight excluding hydrogens is 290 g/mol. The Bertz CT molecular complexity index is 527. The fraction of sp³-hybridized carbons (Fsp3) is 0.267. The van der Waals surface area contributed by atoms with Gasteiger partial charge in [-0.2, -0.15) is 0 Å². The van der Waals surface area contributed by atoms with Gasteiger partial charge in [-0.05, 0) is 41.3 Å². The molecule has 0 fully saturated rings. The van der Waals surface area contributed by atoms with E-state index in [0.29, 0.717) is 6.42 Å². The number of aliphatic hydroxyl groups is 1. The number of nitrogens with zero attached hydrogens (tertiary/aromatic N) is 1. The third-order valence-corrected chi connectivity index (χ3v) is 3.49. The predicted octanol–water partition coefficient (Wildman–Crippen LogP) is 3.68. The smallest absolute Gasteiger partial charge is 0.0834 e. The van der Waals surface area contributed by atoms with Gasteiger partial charge in [-0.15, -0.1) is 0 Å². The zero-order valence-electron chi connectivity index (χ0n) is 10.3. The normalized spacial score (nSPS) is 12.4. The van der Waals surface area contributed by atoms with E-state index in [9.17, 15) is 5.11 Å². The quantitative estimate of drug-likeness (QED) is 0.934. The van der Waals surface area contributed by atoms with Gasteiger partial charge in [0.05, 0.1) is 6.10 Å². The molecule has 0 radical (unpaired) electrons. The van der Waals surface area contributed by atoms with Gasteiger partial charge in [0.15, 0.2) is 0 Å². The number of halogens is 1. The molecule has 18 heavy (non-hydrogen) atoms. The first-order valence-electron chi connectivity index (χ1n) is 6.06. The first-order valence-corrected chi connectivity index (χ1v) is 6.85. The fourth-order valence-corrected chi connectivity index (χ4v) is 2.50. The van der Waals surface area contributed by atoms with Crippen molar-refractivity contribution in [3.05, 3.63) is 63.9 Å². The van der Waals surface area contributed by atoms with Crippen LogP contribution in [0.15, 0.2) is 47.2 Å². The Balaban J connectivity index is 2.19. The number of pyridine rings is 1.